The van der Waals surface area contributed by atoms with Gasteiger partial charge < -0.3 is 4.74 Å². The summed E-state index contributed by atoms with van der Waals surface area (Å²) in [5, 5.41) is 3.83. The van der Waals surface area contributed by atoms with Gasteiger partial charge in [0.05, 0.1) is 24.4 Å². The molecule has 68 valence electrons. The topological polar surface area (TPSA) is 70.9 Å². The van der Waals surface area contributed by atoms with E-state index in [-0.39, 0.29) is 6.54 Å². The number of azide groups is 1. The van der Waals surface area contributed by atoms with Gasteiger partial charge in [-0.3, -0.25) is 4.98 Å². The molecule has 6 heteroatoms. The number of ether oxygens (including phenoxy) is 1. The van der Waals surface area contributed by atoms with Gasteiger partial charge in [-0.2, -0.15) is 0 Å². The normalized spacial score (nSPS) is 9.08. The van der Waals surface area contributed by atoms with Crippen LogP contribution in [0.1, 0.15) is 5.69 Å². The number of hydrogen-bond acceptors (Lipinski definition) is 3. The van der Waals surface area contributed by atoms with Crippen LogP contribution in [0.15, 0.2) is 17.4 Å². The van der Waals surface area contributed by atoms with Crippen LogP contribution in [-0.2, 0) is 6.54 Å². The highest BCUT2D eigenvalue weighted by Crippen LogP contribution is 2.26. The van der Waals surface area contributed by atoms with Crippen molar-refractivity contribution in [3.8, 4) is 5.75 Å². The van der Waals surface area contributed by atoms with Crippen molar-refractivity contribution in [3.63, 3.8) is 0 Å². The van der Waals surface area contributed by atoms with E-state index >= 15 is 0 Å². The Kier molecular flexibility index (Phi) is 3.37. The first-order chi connectivity index (χ1) is 6.29. The summed E-state index contributed by atoms with van der Waals surface area (Å²) in [6.45, 7) is 0.139. The van der Waals surface area contributed by atoms with E-state index in [2.05, 4.69) is 15.0 Å². The fourth-order valence-corrected chi connectivity index (χ4v) is 1.13. The molecule has 0 spiro atoms. The van der Waals surface area contributed by atoms with Gasteiger partial charge in [-0.1, -0.05) is 16.7 Å². The summed E-state index contributed by atoms with van der Waals surface area (Å²) in [4.78, 5) is 6.60. The Labute approximate surface area is 79.9 Å². The van der Waals surface area contributed by atoms with Gasteiger partial charge in [-0.05, 0) is 11.6 Å². The minimum Gasteiger partial charge on any atom is -0.493 e. The maximum atomic E-state index is 8.12. The van der Waals surface area contributed by atoms with Crippen LogP contribution in [0.2, 0.25) is 5.02 Å². The van der Waals surface area contributed by atoms with E-state index in [9.17, 15) is 0 Å². The molecule has 1 rings (SSSR count). The Morgan fingerprint density at radius 2 is 2.54 bits per heavy atom. The van der Waals surface area contributed by atoms with Gasteiger partial charge in [0, 0.05) is 11.1 Å². The maximum absolute atomic E-state index is 8.12. The predicted molar refractivity (Wildman–Crippen MR) is 48.6 cm³/mol. The molecule has 0 aliphatic heterocycles. The largest absolute Gasteiger partial charge is 0.493 e. The van der Waals surface area contributed by atoms with E-state index in [0.29, 0.717) is 16.5 Å². The first-order valence-electron chi connectivity index (χ1n) is 3.47. The Bertz CT molecular complexity index is 348. The molecule has 0 aromatic carbocycles. The zero-order chi connectivity index (χ0) is 9.68. The van der Waals surface area contributed by atoms with Gasteiger partial charge in [0.25, 0.3) is 0 Å². The SMILES string of the molecule is COc1c(Cl)ccnc1CN=[N+]=[N-]. The van der Waals surface area contributed by atoms with Crippen LogP contribution in [0.25, 0.3) is 10.4 Å². The molecule has 1 aromatic heterocycles. The zero-order valence-electron chi connectivity index (χ0n) is 6.94. The standard InChI is InChI=1S/C7H7ClN4O/c1-13-7-5(8)2-3-10-6(7)4-11-12-9/h2-3H,4H2,1H3. The lowest BCUT2D eigenvalue weighted by atomic mass is 10.3. The van der Waals surface area contributed by atoms with E-state index in [1.807, 2.05) is 0 Å². The molecule has 0 unspecified atom stereocenters. The number of nitrogens with zero attached hydrogens (tertiary/aromatic N) is 4. The molecule has 5 nitrogen and oxygen atoms in total. The van der Waals surface area contributed by atoms with Crippen molar-refractivity contribution in [1.29, 1.82) is 0 Å². The van der Waals surface area contributed by atoms with Gasteiger partial charge in [0.15, 0.2) is 5.75 Å². The minimum absolute atomic E-state index is 0.139. The summed E-state index contributed by atoms with van der Waals surface area (Å²) in [5.74, 6) is 0.455. The Hall–Kier alpha value is -1.45. The van der Waals surface area contributed by atoms with Crippen molar-refractivity contribution in [3.05, 3.63) is 33.4 Å². The predicted octanol–water partition coefficient (Wildman–Crippen LogP) is 2.55. The molecule has 0 saturated carbocycles. The summed E-state index contributed by atoms with van der Waals surface area (Å²) in [6.07, 6.45) is 1.53. The highest BCUT2D eigenvalue weighted by atomic mass is 35.5. The van der Waals surface area contributed by atoms with Crippen LogP contribution in [0.5, 0.6) is 5.75 Å². The molecular weight excluding hydrogens is 192 g/mol. The quantitative estimate of drug-likeness (QED) is 0.425. The first-order valence-corrected chi connectivity index (χ1v) is 3.85. The molecule has 1 aromatic rings. The second-order valence-electron chi connectivity index (χ2n) is 2.16. The van der Waals surface area contributed by atoms with Gasteiger partial charge in [-0.25, -0.2) is 0 Å². The fourth-order valence-electron chi connectivity index (χ4n) is 0.891. The second kappa shape index (κ2) is 4.54. The van der Waals surface area contributed by atoms with Crippen LogP contribution in [0.4, 0.5) is 0 Å². The average molecular weight is 199 g/mol. The van der Waals surface area contributed by atoms with E-state index in [1.54, 1.807) is 6.07 Å². The van der Waals surface area contributed by atoms with Crippen molar-refractivity contribution < 1.29 is 4.74 Å². The fraction of sp³-hybridized carbons (Fsp3) is 0.286. The van der Waals surface area contributed by atoms with Crippen molar-refractivity contribution in [2.75, 3.05) is 7.11 Å². The van der Waals surface area contributed by atoms with Crippen molar-refractivity contribution in [2.45, 2.75) is 6.54 Å². The summed E-state index contributed by atoms with van der Waals surface area (Å²) in [6, 6.07) is 1.61. The molecule has 0 atom stereocenters. The van der Waals surface area contributed by atoms with Crippen molar-refractivity contribution in [2.24, 2.45) is 5.11 Å². The van der Waals surface area contributed by atoms with Crippen LogP contribution in [-0.4, -0.2) is 12.1 Å². The van der Waals surface area contributed by atoms with E-state index in [4.69, 9.17) is 21.9 Å². The first kappa shape index (κ1) is 9.64. The second-order valence-corrected chi connectivity index (χ2v) is 2.57. The lowest BCUT2D eigenvalue weighted by molar-refractivity contribution is 0.407. The van der Waals surface area contributed by atoms with E-state index in [1.165, 1.54) is 13.3 Å². The molecule has 0 aliphatic rings. The number of pyridine rings is 1. The minimum atomic E-state index is 0.139. The van der Waals surface area contributed by atoms with Gasteiger partial charge in [-0.15, -0.1) is 0 Å². The number of rotatable bonds is 3. The summed E-state index contributed by atoms with van der Waals surface area (Å²) >= 11 is 5.81. The molecular formula is C7H7ClN4O. The highest BCUT2D eigenvalue weighted by molar-refractivity contribution is 6.32. The van der Waals surface area contributed by atoms with Crippen molar-refractivity contribution in [1.82, 2.24) is 4.98 Å². The molecule has 0 radical (unpaired) electrons. The molecule has 0 saturated heterocycles. The smallest absolute Gasteiger partial charge is 0.159 e. The maximum Gasteiger partial charge on any atom is 0.159 e. The number of halogens is 1. The van der Waals surface area contributed by atoms with Gasteiger partial charge in [0.1, 0.15) is 0 Å². The van der Waals surface area contributed by atoms with Gasteiger partial charge >= 0.3 is 0 Å². The van der Waals surface area contributed by atoms with Crippen LogP contribution in [0.3, 0.4) is 0 Å². The summed E-state index contributed by atoms with van der Waals surface area (Å²) < 4.78 is 5.00. The van der Waals surface area contributed by atoms with E-state index < -0.39 is 0 Å². The molecule has 0 amide bonds. The zero-order valence-corrected chi connectivity index (χ0v) is 7.69. The average Bonchev–Trinajstić information content (AvgIpc) is 2.15. The molecule has 13 heavy (non-hydrogen) atoms. The van der Waals surface area contributed by atoms with E-state index in [0.717, 1.165) is 0 Å². The Morgan fingerprint density at radius 3 is 3.15 bits per heavy atom. The third-order valence-corrected chi connectivity index (χ3v) is 1.72. The third-order valence-electron chi connectivity index (χ3n) is 1.42. The molecule has 0 aliphatic carbocycles. The number of aromatic nitrogens is 1. The third kappa shape index (κ3) is 2.24. The highest BCUT2D eigenvalue weighted by Gasteiger charge is 2.06. The number of hydrogen-bond donors (Lipinski definition) is 0. The lowest BCUT2D eigenvalue weighted by Gasteiger charge is -2.05. The monoisotopic (exact) mass is 198 g/mol. The Morgan fingerprint density at radius 1 is 1.77 bits per heavy atom. The lowest BCUT2D eigenvalue weighted by Crippen LogP contribution is -1.94. The van der Waals surface area contributed by atoms with Crippen LogP contribution in [0, 0.1) is 0 Å². The van der Waals surface area contributed by atoms with Crippen LogP contribution < -0.4 is 4.74 Å². The Balaban J connectivity index is 3.04. The molecule has 0 bridgehead atoms. The molecule has 0 fully saturated rings. The molecule has 1 heterocycles. The van der Waals surface area contributed by atoms with Crippen LogP contribution >= 0.6 is 11.6 Å². The van der Waals surface area contributed by atoms with Crippen molar-refractivity contribution >= 4 is 11.6 Å². The molecule has 0 N–H and O–H groups in total. The number of methoxy groups -OCH3 is 1. The summed E-state index contributed by atoms with van der Waals surface area (Å²) in [7, 11) is 1.49. The summed E-state index contributed by atoms with van der Waals surface area (Å²) in [5.41, 5.74) is 8.65. The van der Waals surface area contributed by atoms with Gasteiger partial charge in [0.2, 0.25) is 0 Å².